The number of hydrogen-bond donors (Lipinski definition) is 0. The molecular formula is C24H28N2O3. The Bertz CT molecular complexity index is 883. The van der Waals surface area contributed by atoms with Crippen molar-refractivity contribution in [2.24, 2.45) is 4.99 Å². The van der Waals surface area contributed by atoms with E-state index in [0.29, 0.717) is 25.5 Å². The molecule has 3 rings (SSSR count). The summed E-state index contributed by atoms with van der Waals surface area (Å²) in [5.74, 6) is 0.576. The Kier molecular flexibility index (Phi) is 7.30. The van der Waals surface area contributed by atoms with E-state index in [4.69, 9.17) is 14.5 Å². The average molecular weight is 392 g/mol. The van der Waals surface area contributed by atoms with Gasteiger partial charge < -0.3 is 14.3 Å². The molecule has 1 atom stereocenters. The van der Waals surface area contributed by atoms with Gasteiger partial charge in [-0.25, -0.2) is 4.98 Å². The number of benzene rings is 1. The molecule has 0 N–H and O–H groups in total. The molecule has 0 saturated heterocycles. The van der Waals surface area contributed by atoms with Crippen LogP contribution in [-0.2, 0) is 16.0 Å². The third kappa shape index (κ3) is 5.84. The van der Waals surface area contributed by atoms with Gasteiger partial charge in [0.25, 0.3) is 0 Å². The molecule has 152 valence electrons. The molecule has 2 aromatic rings. The number of aryl methyl sites for hydroxylation is 1. The number of aldehydes is 1. The smallest absolute Gasteiger partial charge is 0.213 e. The number of allylic oxidation sites excluding steroid dienone is 1. The number of aromatic nitrogens is 1. The normalized spacial score (nSPS) is 14.7. The van der Waals surface area contributed by atoms with Gasteiger partial charge in [0.1, 0.15) is 12.4 Å². The Balaban J connectivity index is 1.51. The van der Waals surface area contributed by atoms with Crippen LogP contribution >= 0.6 is 0 Å². The van der Waals surface area contributed by atoms with Crippen molar-refractivity contribution in [1.82, 2.24) is 4.98 Å². The minimum Gasteiger partial charge on any atom is -0.477 e. The molecule has 1 aliphatic rings. The van der Waals surface area contributed by atoms with Crippen molar-refractivity contribution in [3.8, 4) is 5.88 Å². The van der Waals surface area contributed by atoms with Crippen LogP contribution in [0.1, 0.15) is 43.4 Å². The van der Waals surface area contributed by atoms with Crippen molar-refractivity contribution in [3.05, 3.63) is 70.6 Å². The highest BCUT2D eigenvalue weighted by Gasteiger charge is 2.16. The van der Waals surface area contributed by atoms with Gasteiger partial charge in [0.2, 0.25) is 5.88 Å². The molecule has 1 aromatic carbocycles. The number of carbonyl (C=O) groups excluding carboxylic acids is 1. The van der Waals surface area contributed by atoms with E-state index >= 15 is 0 Å². The SMILES string of the molecule is CCOC(C=O)Cc1ccc(OCCC2=C(C)CC(c3ccc(C)cc3)=N2)nc1. The Morgan fingerprint density at radius 2 is 1.93 bits per heavy atom. The van der Waals surface area contributed by atoms with Crippen LogP contribution in [0.4, 0.5) is 0 Å². The fraction of sp³-hybridized carbons (Fsp3) is 0.375. The highest BCUT2D eigenvalue weighted by atomic mass is 16.5. The van der Waals surface area contributed by atoms with Crippen molar-refractivity contribution < 1.29 is 14.3 Å². The maximum Gasteiger partial charge on any atom is 0.213 e. The predicted octanol–water partition coefficient (Wildman–Crippen LogP) is 4.47. The molecule has 0 fully saturated rings. The monoisotopic (exact) mass is 392 g/mol. The topological polar surface area (TPSA) is 60.8 Å². The maximum atomic E-state index is 11.0. The summed E-state index contributed by atoms with van der Waals surface area (Å²) in [6.07, 6.45) is 4.31. The number of pyridine rings is 1. The molecule has 0 saturated carbocycles. The van der Waals surface area contributed by atoms with Gasteiger partial charge in [-0.2, -0.15) is 0 Å². The molecule has 0 amide bonds. The molecule has 29 heavy (non-hydrogen) atoms. The minimum absolute atomic E-state index is 0.425. The first-order valence-electron chi connectivity index (χ1n) is 10.1. The zero-order valence-corrected chi connectivity index (χ0v) is 17.4. The van der Waals surface area contributed by atoms with Gasteiger partial charge in [-0.05, 0) is 37.5 Å². The molecule has 0 aliphatic carbocycles. The number of carbonyl (C=O) groups is 1. The van der Waals surface area contributed by atoms with Gasteiger partial charge in [0.15, 0.2) is 0 Å². The van der Waals surface area contributed by atoms with Crippen LogP contribution in [0.25, 0.3) is 0 Å². The van der Waals surface area contributed by atoms with Crippen molar-refractivity contribution >= 4 is 12.0 Å². The summed E-state index contributed by atoms with van der Waals surface area (Å²) in [6.45, 7) is 7.14. The number of nitrogens with zero attached hydrogens (tertiary/aromatic N) is 2. The van der Waals surface area contributed by atoms with Gasteiger partial charge in [0, 0.05) is 43.8 Å². The van der Waals surface area contributed by atoms with Crippen LogP contribution in [0.15, 0.2) is 58.9 Å². The largest absolute Gasteiger partial charge is 0.477 e. The molecule has 0 bridgehead atoms. The lowest BCUT2D eigenvalue weighted by atomic mass is 10.0. The van der Waals surface area contributed by atoms with E-state index in [0.717, 1.165) is 36.1 Å². The molecular weight excluding hydrogens is 364 g/mol. The first-order chi connectivity index (χ1) is 14.1. The van der Waals surface area contributed by atoms with E-state index in [1.807, 2.05) is 19.1 Å². The third-order valence-corrected chi connectivity index (χ3v) is 4.94. The Morgan fingerprint density at radius 3 is 2.59 bits per heavy atom. The van der Waals surface area contributed by atoms with E-state index in [2.05, 4.69) is 43.1 Å². The second-order valence-corrected chi connectivity index (χ2v) is 7.27. The number of aliphatic imine (C=N–C) groups is 1. The van der Waals surface area contributed by atoms with E-state index in [1.54, 1.807) is 6.20 Å². The molecule has 5 heteroatoms. The van der Waals surface area contributed by atoms with Crippen molar-refractivity contribution in [2.75, 3.05) is 13.2 Å². The summed E-state index contributed by atoms with van der Waals surface area (Å²) in [7, 11) is 0. The number of rotatable bonds is 10. The van der Waals surface area contributed by atoms with E-state index in [9.17, 15) is 4.79 Å². The first kappa shape index (κ1) is 20.9. The summed E-state index contributed by atoms with van der Waals surface area (Å²) < 4.78 is 11.2. The summed E-state index contributed by atoms with van der Waals surface area (Å²) in [4.78, 5) is 20.2. The lowest BCUT2D eigenvalue weighted by molar-refractivity contribution is -0.117. The van der Waals surface area contributed by atoms with Crippen molar-refractivity contribution in [3.63, 3.8) is 0 Å². The lowest BCUT2D eigenvalue weighted by Gasteiger charge is -2.10. The van der Waals surface area contributed by atoms with Crippen LogP contribution in [0, 0.1) is 6.92 Å². The first-order valence-corrected chi connectivity index (χ1v) is 10.1. The zero-order chi connectivity index (χ0) is 20.6. The second kappa shape index (κ2) is 10.1. The Hall–Kier alpha value is -2.79. The van der Waals surface area contributed by atoms with Crippen LogP contribution in [0.3, 0.4) is 0 Å². The van der Waals surface area contributed by atoms with Crippen molar-refractivity contribution in [2.45, 2.75) is 46.1 Å². The molecule has 0 spiro atoms. The molecule has 2 heterocycles. The fourth-order valence-electron chi connectivity index (χ4n) is 3.29. The molecule has 5 nitrogen and oxygen atoms in total. The van der Waals surface area contributed by atoms with Crippen LogP contribution in [0.2, 0.25) is 0 Å². The van der Waals surface area contributed by atoms with Gasteiger partial charge in [-0.3, -0.25) is 4.99 Å². The maximum absolute atomic E-state index is 11.0. The number of hydrogen-bond acceptors (Lipinski definition) is 5. The summed E-state index contributed by atoms with van der Waals surface area (Å²) >= 11 is 0. The lowest BCUT2D eigenvalue weighted by Crippen LogP contribution is -2.17. The van der Waals surface area contributed by atoms with Crippen LogP contribution in [-0.4, -0.2) is 36.3 Å². The highest BCUT2D eigenvalue weighted by molar-refractivity contribution is 6.04. The summed E-state index contributed by atoms with van der Waals surface area (Å²) in [5, 5.41) is 0. The van der Waals surface area contributed by atoms with Gasteiger partial charge in [-0.1, -0.05) is 35.9 Å². The summed E-state index contributed by atoms with van der Waals surface area (Å²) in [6, 6.07) is 12.3. The molecule has 1 unspecified atom stereocenters. The van der Waals surface area contributed by atoms with Crippen molar-refractivity contribution in [1.29, 1.82) is 0 Å². The van der Waals surface area contributed by atoms with Crippen LogP contribution < -0.4 is 4.74 Å². The predicted molar refractivity (Wildman–Crippen MR) is 115 cm³/mol. The standard InChI is InChI=1S/C24H28N2O3/c1-4-28-21(16-27)14-19-7-10-24(25-15-19)29-12-11-22-18(3)13-23(26-22)20-8-5-17(2)6-9-20/h5-10,15-16,21H,4,11-14H2,1-3H3. The number of ether oxygens (including phenoxy) is 2. The van der Waals surface area contributed by atoms with E-state index in [1.165, 1.54) is 16.7 Å². The summed E-state index contributed by atoms with van der Waals surface area (Å²) in [5.41, 5.74) is 6.90. The van der Waals surface area contributed by atoms with Gasteiger partial charge in [-0.15, -0.1) is 0 Å². The van der Waals surface area contributed by atoms with E-state index in [-0.39, 0.29) is 0 Å². The Labute approximate surface area is 172 Å². The van der Waals surface area contributed by atoms with Gasteiger partial charge >= 0.3 is 0 Å². The molecule has 1 aromatic heterocycles. The fourth-order valence-corrected chi connectivity index (χ4v) is 3.29. The second-order valence-electron chi connectivity index (χ2n) is 7.27. The highest BCUT2D eigenvalue weighted by Crippen LogP contribution is 2.25. The van der Waals surface area contributed by atoms with Gasteiger partial charge in [0.05, 0.1) is 12.3 Å². The average Bonchev–Trinajstić information content (AvgIpc) is 3.10. The molecule has 0 radical (unpaired) electrons. The quantitative estimate of drug-likeness (QED) is 0.560. The minimum atomic E-state index is -0.425. The van der Waals surface area contributed by atoms with Crippen LogP contribution in [0.5, 0.6) is 5.88 Å². The molecule has 1 aliphatic heterocycles. The Morgan fingerprint density at radius 1 is 1.14 bits per heavy atom. The zero-order valence-electron chi connectivity index (χ0n) is 17.4. The third-order valence-electron chi connectivity index (χ3n) is 4.94. The van der Waals surface area contributed by atoms with E-state index < -0.39 is 6.10 Å².